The van der Waals surface area contributed by atoms with Gasteiger partial charge in [-0.2, -0.15) is 0 Å². The van der Waals surface area contributed by atoms with E-state index in [-0.39, 0.29) is 6.10 Å². The van der Waals surface area contributed by atoms with Crippen LogP contribution in [0.2, 0.25) is 0 Å². The van der Waals surface area contributed by atoms with Crippen LogP contribution in [0.15, 0.2) is 66.2 Å². The second kappa shape index (κ2) is 22.3. The Kier molecular flexibility index (Phi) is 18.2. The Labute approximate surface area is 311 Å². The highest BCUT2D eigenvalue weighted by Crippen LogP contribution is 2.46. The van der Waals surface area contributed by atoms with Gasteiger partial charge in [-0.05, 0) is 117 Å². The van der Waals surface area contributed by atoms with Crippen LogP contribution >= 0.6 is 0 Å². The summed E-state index contributed by atoms with van der Waals surface area (Å²) in [5.41, 5.74) is 6.26. The first-order valence-electron chi connectivity index (χ1n) is 19.9. The summed E-state index contributed by atoms with van der Waals surface area (Å²) < 4.78 is 23.9. The molecule has 2 aromatic rings. The fourth-order valence-corrected chi connectivity index (χ4v) is 6.85. The average molecular weight is 704 g/mol. The number of likely N-dealkylation sites (tertiary alicyclic amines) is 1. The van der Waals surface area contributed by atoms with Crippen LogP contribution < -0.4 is 24.4 Å². The maximum absolute atomic E-state index is 6.22. The average Bonchev–Trinajstić information content (AvgIpc) is 3.15. The molecule has 7 heteroatoms. The molecule has 1 aliphatic carbocycles. The minimum atomic E-state index is 0.169. The predicted octanol–water partition coefficient (Wildman–Crippen LogP) is 10.7. The van der Waals surface area contributed by atoms with Gasteiger partial charge in [0.15, 0.2) is 17.4 Å². The van der Waals surface area contributed by atoms with Gasteiger partial charge in [-0.15, -0.1) is 0 Å². The highest BCUT2D eigenvalue weighted by atomic mass is 16.5. The third-order valence-corrected chi connectivity index (χ3v) is 9.60. The normalized spacial score (nSPS) is 16.3. The lowest BCUT2D eigenvalue weighted by molar-refractivity contribution is 0.0580. The summed E-state index contributed by atoms with van der Waals surface area (Å²) >= 11 is 0. The molecule has 7 nitrogen and oxygen atoms in total. The van der Waals surface area contributed by atoms with Crippen LogP contribution in [0.25, 0.3) is 5.57 Å². The van der Waals surface area contributed by atoms with E-state index >= 15 is 0 Å². The number of nitrogens with zero attached hydrogens (tertiary/aromatic N) is 2. The van der Waals surface area contributed by atoms with Gasteiger partial charge in [0.05, 0.1) is 26.9 Å². The van der Waals surface area contributed by atoms with E-state index in [1.807, 2.05) is 27.7 Å². The SMILES string of the molecule is CC.CC.CCC=C(OC(C)C)N1CCC(N(CC2=CNCC(c3cc(OC)c(OC)c(C4CCC4)c3)=C2)c2ccc(OCCCC)cc2)CC1. The molecule has 2 aliphatic heterocycles. The highest BCUT2D eigenvalue weighted by Gasteiger charge is 2.29. The second-order valence-corrected chi connectivity index (χ2v) is 13.4. The number of allylic oxidation sites excluding steroid dienone is 1. The van der Waals surface area contributed by atoms with E-state index in [1.165, 1.54) is 47.2 Å². The van der Waals surface area contributed by atoms with Crippen molar-refractivity contribution in [3.05, 3.63) is 77.3 Å². The van der Waals surface area contributed by atoms with Crippen molar-refractivity contribution in [2.75, 3.05) is 51.9 Å². The van der Waals surface area contributed by atoms with E-state index in [0.29, 0.717) is 12.0 Å². The minimum Gasteiger partial charge on any atom is -0.494 e. The summed E-state index contributed by atoms with van der Waals surface area (Å²) in [6.45, 7) is 20.9. The number of piperidine rings is 1. The standard InChI is InChI=1S/C40H57N3O4.2C2H6/c1-7-9-22-46-36-16-14-34(15-17-36)43(35-18-20-42(21-19-35)39(11-8-2)47-29(3)4)28-30-23-33(27-41-26-30)32-24-37(31-12-10-13-31)40(45-6)38(25-32)44-5;2*1-2/h11,14-17,23-26,29,31,35,41H,7-10,12-13,18-22,27-28H2,1-6H3;2*1-2H3. The van der Waals surface area contributed by atoms with Crippen molar-refractivity contribution in [3.63, 3.8) is 0 Å². The van der Waals surface area contributed by atoms with Crippen molar-refractivity contribution in [3.8, 4) is 17.2 Å². The number of hydrogen-bond donors (Lipinski definition) is 1. The molecule has 1 saturated heterocycles. The molecular formula is C44H69N3O4. The van der Waals surface area contributed by atoms with Crippen LogP contribution in [-0.2, 0) is 4.74 Å². The van der Waals surface area contributed by atoms with Crippen molar-refractivity contribution in [1.82, 2.24) is 10.2 Å². The third kappa shape index (κ3) is 11.6. The van der Waals surface area contributed by atoms with Gasteiger partial charge in [0, 0.05) is 49.7 Å². The Morgan fingerprint density at radius 2 is 1.67 bits per heavy atom. The van der Waals surface area contributed by atoms with Crippen molar-refractivity contribution in [2.24, 2.45) is 0 Å². The van der Waals surface area contributed by atoms with Gasteiger partial charge < -0.3 is 34.1 Å². The summed E-state index contributed by atoms with van der Waals surface area (Å²) in [5, 5.41) is 3.60. The summed E-state index contributed by atoms with van der Waals surface area (Å²) in [6, 6.07) is 13.6. The first-order chi connectivity index (χ1) is 24.9. The zero-order valence-corrected chi connectivity index (χ0v) is 33.6. The molecule has 1 N–H and O–H groups in total. The molecule has 2 aromatic carbocycles. The van der Waals surface area contributed by atoms with Crippen molar-refractivity contribution >= 4 is 11.3 Å². The fraction of sp³-hybridized carbons (Fsp3) is 0.591. The monoisotopic (exact) mass is 704 g/mol. The second-order valence-electron chi connectivity index (χ2n) is 13.4. The van der Waals surface area contributed by atoms with Crippen LogP contribution in [0.5, 0.6) is 17.2 Å². The molecule has 1 saturated carbocycles. The number of anilines is 1. The fourth-order valence-electron chi connectivity index (χ4n) is 6.85. The van der Waals surface area contributed by atoms with Crippen molar-refractivity contribution < 1.29 is 18.9 Å². The van der Waals surface area contributed by atoms with Gasteiger partial charge in [-0.25, -0.2) is 0 Å². The number of hydrogen-bond acceptors (Lipinski definition) is 7. The summed E-state index contributed by atoms with van der Waals surface area (Å²) in [5.74, 6) is 4.21. The zero-order chi connectivity index (χ0) is 37.2. The topological polar surface area (TPSA) is 55.4 Å². The molecule has 2 heterocycles. The quantitative estimate of drug-likeness (QED) is 0.138. The number of methoxy groups -OCH3 is 2. The van der Waals surface area contributed by atoms with Crippen molar-refractivity contribution in [2.45, 2.75) is 125 Å². The minimum absolute atomic E-state index is 0.169. The molecule has 0 unspecified atom stereocenters. The van der Waals surface area contributed by atoms with E-state index in [2.05, 4.69) is 97.6 Å². The molecule has 3 aliphatic rings. The van der Waals surface area contributed by atoms with E-state index in [1.54, 1.807) is 14.2 Å². The van der Waals surface area contributed by atoms with Gasteiger partial charge in [0.25, 0.3) is 0 Å². The van der Waals surface area contributed by atoms with Crippen LogP contribution in [0.3, 0.4) is 0 Å². The smallest absolute Gasteiger partial charge is 0.185 e. The van der Waals surface area contributed by atoms with Gasteiger partial charge in [-0.3, -0.25) is 0 Å². The molecule has 0 amide bonds. The number of nitrogens with one attached hydrogen (secondary N) is 1. The summed E-state index contributed by atoms with van der Waals surface area (Å²) in [4.78, 5) is 5.03. The van der Waals surface area contributed by atoms with E-state index in [4.69, 9.17) is 18.9 Å². The highest BCUT2D eigenvalue weighted by molar-refractivity contribution is 5.74. The first kappa shape index (κ1) is 41.7. The number of benzene rings is 2. The first-order valence-corrected chi connectivity index (χ1v) is 19.9. The Balaban J connectivity index is 0.00000169. The van der Waals surface area contributed by atoms with Gasteiger partial charge in [0.2, 0.25) is 0 Å². The number of unbranched alkanes of at least 4 members (excludes halogenated alkanes) is 1. The lowest BCUT2D eigenvalue weighted by Crippen LogP contribution is -2.46. The maximum Gasteiger partial charge on any atom is 0.185 e. The molecule has 51 heavy (non-hydrogen) atoms. The Morgan fingerprint density at radius 1 is 0.961 bits per heavy atom. The van der Waals surface area contributed by atoms with E-state index in [9.17, 15) is 0 Å². The molecular weight excluding hydrogens is 635 g/mol. The Hall–Kier alpha value is -3.74. The van der Waals surface area contributed by atoms with Crippen molar-refractivity contribution in [1.29, 1.82) is 0 Å². The van der Waals surface area contributed by atoms with Gasteiger partial charge in [0.1, 0.15) is 5.75 Å². The van der Waals surface area contributed by atoms with E-state index < -0.39 is 0 Å². The van der Waals surface area contributed by atoms with E-state index in [0.717, 1.165) is 88.0 Å². The number of rotatable bonds is 16. The molecule has 0 radical (unpaired) electrons. The molecule has 0 aromatic heterocycles. The lowest BCUT2D eigenvalue weighted by Gasteiger charge is -2.41. The Bertz CT molecular complexity index is 1390. The van der Waals surface area contributed by atoms with Crippen LogP contribution in [0.4, 0.5) is 5.69 Å². The molecule has 0 bridgehead atoms. The molecule has 2 fully saturated rings. The van der Waals surface area contributed by atoms with Gasteiger partial charge >= 0.3 is 0 Å². The Morgan fingerprint density at radius 3 is 2.24 bits per heavy atom. The molecule has 284 valence electrons. The predicted molar refractivity (Wildman–Crippen MR) is 216 cm³/mol. The summed E-state index contributed by atoms with van der Waals surface area (Å²) in [6.07, 6.45) is 16.0. The number of ether oxygens (including phenoxy) is 4. The molecule has 5 rings (SSSR count). The van der Waals surface area contributed by atoms with Crippen LogP contribution in [-0.4, -0.2) is 64.1 Å². The maximum atomic E-state index is 6.22. The lowest BCUT2D eigenvalue weighted by atomic mass is 9.78. The van der Waals surface area contributed by atoms with Crippen LogP contribution in [0, 0.1) is 0 Å². The third-order valence-electron chi connectivity index (χ3n) is 9.60. The van der Waals surface area contributed by atoms with Crippen LogP contribution in [0.1, 0.15) is 124 Å². The molecule has 0 atom stereocenters. The molecule has 0 spiro atoms. The van der Waals surface area contributed by atoms with Gasteiger partial charge in [-0.1, -0.05) is 60.5 Å². The summed E-state index contributed by atoms with van der Waals surface area (Å²) in [7, 11) is 3.49. The largest absolute Gasteiger partial charge is 0.494 e. The zero-order valence-electron chi connectivity index (χ0n) is 33.6. The number of dihydropyridines is 1.